The van der Waals surface area contributed by atoms with Crippen molar-refractivity contribution in [1.29, 1.82) is 0 Å². The van der Waals surface area contributed by atoms with Gasteiger partial charge in [-0.3, -0.25) is 14.6 Å². The monoisotopic (exact) mass is 359 g/mol. The van der Waals surface area contributed by atoms with Crippen molar-refractivity contribution in [2.75, 3.05) is 18.9 Å². The Bertz CT molecular complexity index is 777. The molecule has 0 aliphatic heterocycles. The molecule has 25 heavy (non-hydrogen) atoms. The summed E-state index contributed by atoms with van der Waals surface area (Å²) in [5, 5.41) is 3.36. The van der Waals surface area contributed by atoms with E-state index < -0.39 is 0 Å². The number of amides is 2. The summed E-state index contributed by atoms with van der Waals surface area (Å²) in [6.45, 7) is 4.58. The SMILES string of the molecule is CCCCN(C)C(=O)c1ccnc(C(=O)Nc2cccc(Cl)c2C)c1. The lowest BCUT2D eigenvalue weighted by Gasteiger charge is -2.17. The molecule has 1 N–H and O–H groups in total. The Hall–Kier alpha value is -2.40. The van der Waals surface area contributed by atoms with Crippen molar-refractivity contribution in [3.05, 3.63) is 58.4 Å². The normalized spacial score (nSPS) is 10.4. The fourth-order valence-corrected chi connectivity index (χ4v) is 2.51. The molecular weight excluding hydrogens is 338 g/mol. The minimum absolute atomic E-state index is 0.121. The average Bonchev–Trinajstić information content (AvgIpc) is 2.62. The lowest BCUT2D eigenvalue weighted by atomic mass is 10.1. The highest BCUT2D eigenvalue weighted by atomic mass is 35.5. The highest BCUT2D eigenvalue weighted by molar-refractivity contribution is 6.31. The molecule has 6 heteroatoms. The first-order valence-corrected chi connectivity index (χ1v) is 8.59. The molecule has 0 unspecified atom stereocenters. The molecule has 0 atom stereocenters. The third-order valence-electron chi connectivity index (χ3n) is 3.95. The van der Waals surface area contributed by atoms with E-state index in [0.29, 0.717) is 22.8 Å². The van der Waals surface area contributed by atoms with Crippen LogP contribution >= 0.6 is 11.6 Å². The van der Waals surface area contributed by atoms with Crippen LogP contribution in [0.5, 0.6) is 0 Å². The molecule has 5 nitrogen and oxygen atoms in total. The molecule has 0 radical (unpaired) electrons. The van der Waals surface area contributed by atoms with Gasteiger partial charge in [-0.05, 0) is 43.2 Å². The summed E-state index contributed by atoms with van der Waals surface area (Å²) >= 11 is 6.07. The summed E-state index contributed by atoms with van der Waals surface area (Å²) < 4.78 is 0. The van der Waals surface area contributed by atoms with Gasteiger partial charge in [0.2, 0.25) is 0 Å². The summed E-state index contributed by atoms with van der Waals surface area (Å²) in [5.41, 5.74) is 2.04. The quantitative estimate of drug-likeness (QED) is 0.842. The Morgan fingerprint density at radius 1 is 1.28 bits per heavy atom. The molecule has 0 saturated heterocycles. The second kappa shape index (κ2) is 8.62. The van der Waals surface area contributed by atoms with E-state index in [0.717, 1.165) is 18.4 Å². The van der Waals surface area contributed by atoms with E-state index in [9.17, 15) is 9.59 Å². The number of halogens is 1. The standard InChI is InChI=1S/C19H22ClN3O2/c1-4-5-11-23(3)19(25)14-9-10-21-17(12-14)18(24)22-16-8-6-7-15(20)13(16)2/h6-10,12H,4-5,11H2,1-3H3,(H,22,24). The summed E-state index contributed by atoms with van der Waals surface area (Å²) in [6, 6.07) is 8.43. The number of pyridine rings is 1. The Balaban J connectivity index is 2.16. The number of hydrogen-bond donors (Lipinski definition) is 1. The number of nitrogens with one attached hydrogen (secondary N) is 1. The zero-order valence-electron chi connectivity index (χ0n) is 14.7. The Labute approximate surface area is 153 Å². The van der Waals surface area contributed by atoms with Gasteiger partial charge in [-0.25, -0.2) is 0 Å². The van der Waals surface area contributed by atoms with Crippen LogP contribution < -0.4 is 5.32 Å². The van der Waals surface area contributed by atoms with Crippen LogP contribution in [0, 0.1) is 6.92 Å². The number of nitrogens with zero attached hydrogens (tertiary/aromatic N) is 2. The highest BCUT2D eigenvalue weighted by Crippen LogP contribution is 2.23. The number of benzene rings is 1. The van der Waals surface area contributed by atoms with Crippen LogP contribution in [-0.4, -0.2) is 35.3 Å². The highest BCUT2D eigenvalue weighted by Gasteiger charge is 2.15. The van der Waals surface area contributed by atoms with Crippen LogP contribution in [0.4, 0.5) is 5.69 Å². The van der Waals surface area contributed by atoms with Crippen LogP contribution in [-0.2, 0) is 0 Å². The fraction of sp³-hybridized carbons (Fsp3) is 0.316. The number of unbranched alkanes of at least 4 members (excludes halogenated alkanes) is 1. The number of carbonyl (C=O) groups excluding carboxylic acids is 2. The van der Waals surface area contributed by atoms with Gasteiger partial charge in [-0.2, -0.15) is 0 Å². The Morgan fingerprint density at radius 3 is 2.76 bits per heavy atom. The zero-order valence-corrected chi connectivity index (χ0v) is 15.4. The van der Waals surface area contributed by atoms with Gasteiger partial charge in [0.1, 0.15) is 5.69 Å². The van der Waals surface area contributed by atoms with Crippen molar-refractivity contribution in [1.82, 2.24) is 9.88 Å². The van der Waals surface area contributed by atoms with Crippen molar-refractivity contribution < 1.29 is 9.59 Å². The Kier molecular flexibility index (Phi) is 6.53. The molecule has 0 aliphatic carbocycles. The van der Waals surface area contributed by atoms with E-state index >= 15 is 0 Å². The summed E-state index contributed by atoms with van der Waals surface area (Å²) in [7, 11) is 1.76. The number of hydrogen-bond acceptors (Lipinski definition) is 3. The van der Waals surface area contributed by atoms with E-state index in [1.807, 2.05) is 6.92 Å². The maximum absolute atomic E-state index is 12.5. The number of carbonyl (C=O) groups is 2. The smallest absolute Gasteiger partial charge is 0.274 e. The second-order valence-corrected chi connectivity index (χ2v) is 6.28. The van der Waals surface area contributed by atoms with E-state index in [2.05, 4.69) is 17.2 Å². The predicted molar refractivity (Wildman–Crippen MR) is 100 cm³/mol. The summed E-state index contributed by atoms with van der Waals surface area (Å²) in [4.78, 5) is 30.6. The van der Waals surface area contributed by atoms with Crippen molar-refractivity contribution in [3.63, 3.8) is 0 Å². The molecule has 0 bridgehead atoms. The van der Waals surface area contributed by atoms with Crippen molar-refractivity contribution in [2.24, 2.45) is 0 Å². The van der Waals surface area contributed by atoms with Gasteiger partial charge in [0.05, 0.1) is 0 Å². The van der Waals surface area contributed by atoms with Gasteiger partial charge in [0.15, 0.2) is 0 Å². The molecule has 0 saturated carbocycles. The third-order valence-corrected chi connectivity index (χ3v) is 4.36. The van der Waals surface area contributed by atoms with Crippen molar-refractivity contribution in [3.8, 4) is 0 Å². The molecule has 0 fully saturated rings. The molecule has 132 valence electrons. The summed E-state index contributed by atoms with van der Waals surface area (Å²) in [6.07, 6.45) is 3.43. The van der Waals surface area contributed by atoms with Gasteiger partial charge in [-0.1, -0.05) is 31.0 Å². The van der Waals surface area contributed by atoms with E-state index in [1.54, 1.807) is 36.2 Å². The molecule has 2 rings (SSSR count). The third kappa shape index (κ3) is 4.79. The molecule has 1 aromatic carbocycles. The number of anilines is 1. The largest absolute Gasteiger partial charge is 0.342 e. The molecule has 1 aromatic heterocycles. The zero-order chi connectivity index (χ0) is 18.4. The lowest BCUT2D eigenvalue weighted by Crippen LogP contribution is -2.28. The van der Waals surface area contributed by atoms with Crippen LogP contribution in [0.1, 0.15) is 46.2 Å². The van der Waals surface area contributed by atoms with Crippen molar-refractivity contribution >= 4 is 29.1 Å². The van der Waals surface area contributed by atoms with Crippen LogP contribution in [0.3, 0.4) is 0 Å². The van der Waals surface area contributed by atoms with Gasteiger partial charge < -0.3 is 10.2 Å². The first kappa shape index (κ1) is 18.9. The van der Waals surface area contributed by atoms with Gasteiger partial charge in [0, 0.05) is 36.1 Å². The van der Waals surface area contributed by atoms with Crippen LogP contribution in [0.25, 0.3) is 0 Å². The van der Waals surface area contributed by atoms with Crippen LogP contribution in [0.15, 0.2) is 36.5 Å². The van der Waals surface area contributed by atoms with E-state index in [1.165, 1.54) is 12.3 Å². The minimum Gasteiger partial charge on any atom is -0.342 e. The summed E-state index contributed by atoms with van der Waals surface area (Å²) in [5.74, 6) is -0.500. The van der Waals surface area contributed by atoms with Gasteiger partial charge in [0.25, 0.3) is 11.8 Å². The number of rotatable bonds is 6. The first-order chi connectivity index (χ1) is 11.9. The molecule has 0 spiro atoms. The lowest BCUT2D eigenvalue weighted by molar-refractivity contribution is 0.0793. The topological polar surface area (TPSA) is 62.3 Å². The van der Waals surface area contributed by atoms with E-state index in [4.69, 9.17) is 11.6 Å². The Morgan fingerprint density at radius 2 is 2.04 bits per heavy atom. The maximum Gasteiger partial charge on any atom is 0.274 e. The second-order valence-electron chi connectivity index (χ2n) is 5.88. The molecule has 2 amide bonds. The minimum atomic E-state index is -0.378. The number of aromatic nitrogens is 1. The van der Waals surface area contributed by atoms with E-state index in [-0.39, 0.29) is 17.5 Å². The maximum atomic E-state index is 12.5. The fourth-order valence-electron chi connectivity index (χ4n) is 2.33. The van der Waals surface area contributed by atoms with Gasteiger partial charge in [-0.15, -0.1) is 0 Å². The molecule has 0 aliphatic rings. The first-order valence-electron chi connectivity index (χ1n) is 8.22. The molecular formula is C19H22ClN3O2. The molecule has 2 aromatic rings. The van der Waals surface area contributed by atoms with Gasteiger partial charge >= 0.3 is 0 Å². The van der Waals surface area contributed by atoms with Crippen LogP contribution in [0.2, 0.25) is 5.02 Å². The predicted octanol–water partition coefficient (Wildman–Crippen LogP) is 4.17. The average molecular weight is 360 g/mol. The van der Waals surface area contributed by atoms with Crippen molar-refractivity contribution in [2.45, 2.75) is 26.7 Å². The molecule has 1 heterocycles.